The molecule has 1 aromatic carbocycles. The van der Waals surface area contributed by atoms with Gasteiger partial charge in [-0.05, 0) is 24.5 Å². The normalized spacial score (nSPS) is 16.5. The zero-order chi connectivity index (χ0) is 19.8. The van der Waals surface area contributed by atoms with Gasteiger partial charge in [0.2, 0.25) is 0 Å². The maximum atomic E-state index is 13.0. The first-order chi connectivity index (χ1) is 13.5. The van der Waals surface area contributed by atoms with E-state index < -0.39 is 0 Å². The van der Waals surface area contributed by atoms with Gasteiger partial charge in [-0.3, -0.25) is 4.57 Å². The molecule has 0 spiro atoms. The minimum Gasteiger partial charge on any atom is -0.362 e. The van der Waals surface area contributed by atoms with Gasteiger partial charge in [0.15, 0.2) is 11.3 Å². The smallest absolute Gasteiger partial charge is 0.344 e. The van der Waals surface area contributed by atoms with Gasteiger partial charge < -0.3 is 15.5 Å². The van der Waals surface area contributed by atoms with E-state index in [1.54, 1.807) is 13.2 Å². The fraction of sp³-hybridized carbons (Fsp3) is 0.350. The summed E-state index contributed by atoms with van der Waals surface area (Å²) in [5, 5.41) is 5.35. The highest BCUT2D eigenvalue weighted by atomic mass is 35.5. The van der Waals surface area contributed by atoms with Crippen molar-refractivity contribution in [1.29, 1.82) is 0 Å². The van der Waals surface area contributed by atoms with Crippen LogP contribution in [0, 0.1) is 6.57 Å². The number of halogens is 2. The van der Waals surface area contributed by atoms with E-state index in [-0.39, 0.29) is 29.8 Å². The summed E-state index contributed by atoms with van der Waals surface area (Å²) in [5.41, 5.74) is 8.16. The lowest BCUT2D eigenvalue weighted by molar-refractivity contribution is 0.502. The van der Waals surface area contributed by atoms with Crippen molar-refractivity contribution in [3.05, 3.63) is 68.4 Å². The van der Waals surface area contributed by atoms with Gasteiger partial charge in [-0.15, -0.1) is 12.4 Å². The zero-order valence-corrected chi connectivity index (χ0v) is 17.6. The first-order valence-electron chi connectivity index (χ1n) is 9.22. The van der Waals surface area contributed by atoms with Crippen LogP contribution in [0.25, 0.3) is 10.4 Å². The van der Waals surface area contributed by atoms with E-state index in [4.69, 9.17) is 29.0 Å². The van der Waals surface area contributed by atoms with Gasteiger partial charge in [0.05, 0.1) is 13.2 Å². The van der Waals surface area contributed by atoms with Crippen LogP contribution in [0.15, 0.2) is 35.3 Å². The van der Waals surface area contributed by atoms with E-state index in [0.29, 0.717) is 23.5 Å². The van der Waals surface area contributed by atoms with Gasteiger partial charge in [0, 0.05) is 36.1 Å². The molecule has 1 fully saturated rings. The monoisotopic (exact) mass is 432 g/mol. The van der Waals surface area contributed by atoms with Crippen LogP contribution in [-0.4, -0.2) is 33.3 Å². The Morgan fingerprint density at radius 2 is 2.14 bits per heavy atom. The Hall–Kier alpha value is -2.53. The van der Waals surface area contributed by atoms with Crippen LogP contribution in [0.3, 0.4) is 0 Å². The van der Waals surface area contributed by atoms with Crippen LogP contribution in [0.1, 0.15) is 24.0 Å². The Balaban J connectivity index is 0.00000240. The highest BCUT2D eigenvalue weighted by Gasteiger charge is 2.26. The molecule has 2 aromatic heterocycles. The lowest BCUT2D eigenvalue weighted by atomic mass is 10.0. The molecule has 4 rings (SSSR count). The maximum absolute atomic E-state index is 13.0. The molecule has 1 saturated heterocycles. The third-order valence-corrected chi connectivity index (χ3v) is 5.64. The van der Waals surface area contributed by atoms with Crippen molar-refractivity contribution >= 4 is 41.2 Å². The molecule has 2 N–H and O–H groups in total. The molecule has 1 aliphatic heterocycles. The number of hydrogen-bond donors (Lipinski definition) is 1. The number of nitrogens with zero attached hydrogens (tertiary/aromatic N) is 5. The summed E-state index contributed by atoms with van der Waals surface area (Å²) in [6, 6.07) is 7.68. The largest absolute Gasteiger partial charge is 0.362 e. The summed E-state index contributed by atoms with van der Waals surface area (Å²) in [5.74, 6) is 0.987. The van der Waals surface area contributed by atoms with Crippen LogP contribution in [0.4, 0.5) is 11.6 Å². The number of anilines is 1. The summed E-state index contributed by atoms with van der Waals surface area (Å²) < 4.78 is 2.91. The molecule has 29 heavy (non-hydrogen) atoms. The second-order valence-electron chi connectivity index (χ2n) is 7.18. The van der Waals surface area contributed by atoms with Crippen LogP contribution in [-0.2, 0) is 13.5 Å². The minimum absolute atomic E-state index is 0. The number of piperidine rings is 1. The number of hydrogen-bond acceptors (Lipinski definition) is 4. The van der Waals surface area contributed by atoms with Crippen molar-refractivity contribution in [2.24, 2.45) is 12.8 Å². The Bertz CT molecular complexity index is 1150. The Morgan fingerprint density at radius 1 is 1.38 bits per heavy atom. The number of fused-ring (bicyclic) bond motifs is 1. The molecule has 1 atom stereocenters. The molecular formula is C20H22Cl2N6O. The minimum atomic E-state index is -0.240. The maximum Gasteiger partial charge on any atom is 0.344 e. The lowest BCUT2D eigenvalue weighted by Crippen LogP contribution is -2.43. The van der Waals surface area contributed by atoms with Crippen LogP contribution < -0.4 is 16.2 Å². The summed E-state index contributed by atoms with van der Waals surface area (Å²) >= 11 is 6.39. The fourth-order valence-electron chi connectivity index (χ4n) is 3.79. The molecule has 1 aliphatic rings. The van der Waals surface area contributed by atoms with E-state index in [1.165, 1.54) is 9.08 Å². The van der Waals surface area contributed by atoms with Crippen molar-refractivity contribution in [3.63, 3.8) is 0 Å². The van der Waals surface area contributed by atoms with Crippen molar-refractivity contribution in [2.75, 3.05) is 18.0 Å². The first-order valence-corrected chi connectivity index (χ1v) is 9.60. The second-order valence-corrected chi connectivity index (χ2v) is 7.58. The molecular weight excluding hydrogens is 411 g/mol. The van der Waals surface area contributed by atoms with E-state index in [2.05, 4.69) is 9.74 Å². The molecule has 7 nitrogen and oxygen atoms in total. The van der Waals surface area contributed by atoms with E-state index >= 15 is 0 Å². The average molecular weight is 433 g/mol. The van der Waals surface area contributed by atoms with Crippen molar-refractivity contribution in [3.8, 4) is 0 Å². The van der Waals surface area contributed by atoms with E-state index in [1.807, 2.05) is 24.3 Å². The summed E-state index contributed by atoms with van der Waals surface area (Å²) in [6.07, 6.45) is 4.04. The van der Waals surface area contributed by atoms with Crippen LogP contribution in [0.5, 0.6) is 0 Å². The number of aromatic nitrogens is 3. The van der Waals surface area contributed by atoms with Gasteiger partial charge in [-0.2, -0.15) is 5.10 Å². The molecule has 9 heteroatoms. The van der Waals surface area contributed by atoms with Gasteiger partial charge in [-0.1, -0.05) is 36.4 Å². The lowest BCUT2D eigenvalue weighted by Gasteiger charge is -2.31. The fourth-order valence-corrected chi connectivity index (χ4v) is 3.99. The molecule has 3 aromatic rings. The first kappa shape index (κ1) is 21.2. The summed E-state index contributed by atoms with van der Waals surface area (Å²) in [4.78, 5) is 18.6. The third-order valence-electron chi connectivity index (χ3n) is 5.27. The quantitative estimate of drug-likeness (QED) is 0.644. The van der Waals surface area contributed by atoms with Gasteiger partial charge in [0.25, 0.3) is 5.82 Å². The molecule has 0 radical (unpaired) electrons. The summed E-state index contributed by atoms with van der Waals surface area (Å²) in [6.45, 7) is 8.85. The van der Waals surface area contributed by atoms with Crippen LogP contribution >= 0.6 is 24.0 Å². The van der Waals surface area contributed by atoms with E-state index in [9.17, 15) is 4.79 Å². The predicted molar refractivity (Wildman–Crippen MR) is 118 cm³/mol. The highest BCUT2D eigenvalue weighted by molar-refractivity contribution is 6.31. The number of rotatable bonds is 3. The van der Waals surface area contributed by atoms with Gasteiger partial charge >= 0.3 is 5.56 Å². The van der Waals surface area contributed by atoms with Crippen LogP contribution in [0.2, 0.25) is 5.02 Å². The Morgan fingerprint density at radius 3 is 2.83 bits per heavy atom. The number of benzene rings is 1. The highest BCUT2D eigenvalue weighted by Crippen LogP contribution is 2.30. The number of nitrogens with two attached hydrogens (primary N) is 1. The molecule has 152 valence electrons. The standard InChI is InChI=1S/C20H21ClN6O.ClH/c1-23-17-12-27-18(20(28)25(17)2)15(10-13-6-3-4-8-16(13)21)19(24-27)26-9-5-7-14(22)11-26;/h3-4,6,8,12,14H,5,7,9-11,22H2,2H3;1H/t14-;/m1./s1. The Labute approximate surface area is 179 Å². The van der Waals surface area contributed by atoms with Crippen molar-refractivity contribution in [1.82, 2.24) is 14.2 Å². The molecule has 3 heterocycles. The molecule has 0 amide bonds. The molecule has 0 saturated carbocycles. The van der Waals surface area contributed by atoms with Crippen molar-refractivity contribution in [2.45, 2.75) is 25.3 Å². The van der Waals surface area contributed by atoms with Gasteiger partial charge in [-0.25, -0.2) is 9.31 Å². The third kappa shape index (κ3) is 3.84. The molecule has 0 aliphatic carbocycles. The average Bonchev–Trinajstić information content (AvgIpc) is 3.05. The van der Waals surface area contributed by atoms with E-state index in [0.717, 1.165) is 36.3 Å². The second kappa shape index (κ2) is 8.46. The Kier molecular flexibility index (Phi) is 6.18. The predicted octanol–water partition coefficient (Wildman–Crippen LogP) is 3.18. The zero-order valence-electron chi connectivity index (χ0n) is 16.0. The molecule has 0 bridgehead atoms. The molecule has 0 unspecified atom stereocenters. The van der Waals surface area contributed by atoms with Crippen molar-refractivity contribution < 1.29 is 0 Å². The summed E-state index contributed by atoms with van der Waals surface area (Å²) in [7, 11) is 1.61. The van der Waals surface area contributed by atoms with Gasteiger partial charge in [0.1, 0.15) is 0 Å². The SMILES string of the molecule is Cl.[C-]#[N+]c1cn2nc(N3CCC[C@@H](N)C3)c(Cc3ccccc3Cl)c2c(=O)n1C. The topological polar surface area (TPSA) is 72.9 Å².